The number of pyridine rings is 1. The van der Waals surface area contributed by atoms with Gasteiger partial charge in [-0.1, -0.05) is 0 Å². The molecular formula is C21H34IN5O2. The summed E-state index contributed by atoms with van der Waals surface area (Å²) < 4.78 is 5.36. The van der Waals surface area contributed by atoms with Gasteiger partial charge in [0.25, 0.3) is 0 Å². The maximum absolute atomic E-state index is 12.7. The lowest BCUT2D eigenvalue weighted by molar-refractivity contribution is -0.140. The maximum atomic E-state index is 12.7. The van der Waals surface area contributed by atoms with E-state index < -0.39 is 0 Å². The third kappa shape index (κ3) is 6.80. The average Bonchev–Trinajstić information content (AvgIpc) is 2.75. The number of rotatable bonds is 5. The van der Waals surface area contributed by atoms with Gasteiger partial charge in [-0.15, -0.1) is 24.0 Å². The van der Waals surface area contributed by atoms with Crippen LogP contribution in [0, 0.1) is 12.8 Å². The number of hydrogen-bond acceptors (Lipinski definition) is 4. The Morgan fingerprint density at radius 2 is 1.97 bits per heavy atom. The number of aliphatic imine (C=N–C) groups is 1. The highest BCUT2D eigenvalue weighted by molar-refractivity contribution is 14.0. The molecule has 0 spiro atoms. The van der Waals surface area contributed by atoms with Gasteiger partial charge in [-0.05, 0) is 50.3 Å². The predicted molar refractivity (Wildman–Crippen MR) is 126 cm³/mol. The number of morpholine rings is 1. The second kappa shape index (κ2) is 12.3. The first kappa shape index (κ1) is 23.9. The monoisotopic (exact) mass is 515 g/mol. The van der Waals surface area contributed by atoms with E-state index in [9.17, 15) is 4.79 Å². The van der Waals surface area contributed by atoms with Gasteiger partial charge in [0.1, 0.15) is 0 Å². The molecule has 1 aromatic rings. The Labute approximate surface area is 191 Å². The molecule has 1 amide bonds. The van der Waals surface area contributed by atoms with Gasteiger partial charge in [-0.2, -0.15) is 0 Å². The SMILES string of the molecule is CCNC(=NCCc1ccncc1C)N1CCC(C(=O)N2CCOCC2)CC1.I. The maximum Gasteiger partial charge on any atom is 0.225 e. The minimum atomic E-state index is 0. The van der Waals surface area contributed by atoms with Crippen LogP contribution >= 0.6 is 24.0 Å². The van der Waals surface area contributed by atoms with E-state index in [0.29, 0.717) is 19.1 Å². The van der Waals surface area contributed by atoms with Crippen molar-refractivity contribution in [3.8, 4) is 0 Å². The van der Waals surface area contributed by atoms with Gasteiger partial charge < -0.3 is 19.9 Å². The molecule has 0 unspecified atom stereocenters. The summed E-state index contributed by atoms with van der Waals surface area (Å²) in [6, 6.07) is 2.07. The van der Waals surface area contributed by atoms with Crippen molar-refractivity contribution in [2.45, 2.75) is 33.1 Å². The van der Waals surface area contributed by atoms with Crippen molar-refractivity contribution in [2.75, 3.05) is 52.5 Å². The molecular weight excluding hydrogens is 481 g/mol. The summed E-state index contributed by atoms with van der Waals surface area (Å²) >= 11 is 0. The summed E-state index contributed by atoms with van der Waals surface area (Å²) in [6.45, 7) is 10.3. The van der Waals surface area contributed by atoms with Gasteiger partial charge in [-0.25, -0.2) is 0 Å². The van der Waals surface area contributed by atoms with Crippen LogP contribution in [0.3, 0.4) is 0 Å². The Bertz CT molecular complexity index is 671. The molecule has 0 bridgehead atoms. The second-order valence-electron chi connectivity index (χ2n) is 7.49. The van der Waals surface area contributed by atoms with Crippen molar-refractivity contribution in [3.05, 3.63) is 29.6 Å². The number of ether oxygens (including phenoxy) is 1. The molecule has 29 heavy (non-hydrogen) atoms. The number of guanidine groups is 1. The fraction of sp³-hybridized carbons (Fsp3) is 0.667. The summed E-state index contributed by atoms with van der Waals surface area (Å²) in [5, 5.41) is 3.41. The van der Waals surface area contributed by atoms with Crippen LogP contribution in [0.5, 0.6) is 0 Å². The summed E-state index contributed by atoms with van der Waals surface area (Å²) in [4.78, 5) is 26.0. The van der Waals surface area contributed by atoms with Crippen LogP contribution in [0.2, 0.25) is 0 Å². The molecule has 2 aliphatic heterocycles. The molecule has 7 nitrogen and oxygen atoms in total. The molecule has 0 saturated carbocycles. The van der Waals surface area contributed by atoms with Crippen LogP contribution in [-0.2, 0) is 16.0 Å². The number of carbonyl (C=O) groups is 1. The minimum Gasteiger partial charge on any atom is -0.378 e. The lowest BCUT2D eigenvalue weighted by atomic mass is 9.95. The third-order valence-electron chi connectivity index (χ3n) is 5.58. The van der Waals surface area contributed by atoms with Gasteiger partial charge in [0.15, 0.2) is 5.96 Å². The number of likely N-dealkylation sites (tertiary alicyclic amines) is 1. The molecule has 0 radical (unpaired) electrons. The van der Waals surface area contributed by atoms with Crippen molar-refractivity contribution < 1.29 is 9.53 Å². The number of aryl methyl sites for hydroxylation is 1. The Morgan fingerprint density at radius 3 is 2.62 bits per heavy atom. The highest BCUT2D eigenvalue weighted by Crippen LogP contribution is 2.20. The molecule has 2 fully saturated rings. The third-order valence-corrected chi connectivity index (χ3v) is 5.58. The lowest BCUT2D eigenvalue weighted by Gasteiger charge is -2.36. The number of amides is 1. The smallest absolute Gasteiger partial charge is 0.225 e. The number of hydrogen-bond donors (Lipinski definition) is 1. The summed E-state index contributed by atoms with van der Waals surface area (Å²) in [5.41, 5.74) is 2.51. The van der Waals surface area contributed by atoms with Crippen molar-refractivity contribution in [1.82, 2.24) is 20.1 Å². The lowest BCUT2D eigenvalue weighted by Crippen LogP contribution is -2.50. The quantitative estimate of drug-likeness (QED) is 0.370. The first-order valence-electron chi connectivity index (χ1n) is 10.5. The molecule has 3 rings (SSSR count). The number of piperidine rings is 1. The zero-order valence-electron chi connectivity index (χ0n) is 17.6. The Hall–Kier alpha value is -1.42. The van der Waals surface area contributed by atoms with E-state index in [4.69, 9.17) is 9.73 Å². The standard InChI is InChI=1S/C21H33N5O2.HI/c1-3-23-21(24-9-5-18-4-8-22-16-17(18)2)26-10-6-19(7-11-26)20(27)25-12-14-28-15-13-25;/h4,8,16,19H,3,5-7,9-15H2,1-2H3,(H,23,24);1H. The van der Waals surface area contributed by atoms with Crippen LogP contribution < -0.4 is 5.32 Å². The van der Waals surface area contributed by atoms with E-state index in [1.807, 2.05) is 17.3 Å². The van der Waals surface area contributed by atoms with Crippen LogP contribution in [0.4, 0.5) is 0 Å². The fourth-order valence-electron chi connectivity index (χ4n) is 3.87. The van der Waals surface area contributed by atoms with Crippen LogP contribution in [0.25, 0.3) is 0 Å². The Kier molecular flexibility index (Phi) is 10.1. The van der Waals surface area contributed by atoms with E-state index >= 15 is 0 Å². The van der Waals surface area contributed by atoms with E-state index in [1.165, 1.54) is 11.1 Å². The fourth-order valence-corrected chi connectivity index (χ4v) is 3.87. The van der Waals surface area contributed by atoms with E-state index in [0.717, 1.165) is 64.5 Å². The largest absolute Gasteiger partial charge is 0.378 e. The molecule has 162 valence electrons. The van der Waals surface area contributed by atoms with Crippen molar-refractivity contribution in [3.63, 3.8) is 0 Å². The van der Waals surface area contributed by atoms with Crippen LogP contribution in [0.1, 0.15) is 30.9 Å². The van der Waals surface area contributed by atoms with Crippen molar-refractivity contribution in [2.24, 2.45) is 10.9 Å². The number of halogens is 1. The van der Waals surface area contributed by atoms with E-state index in [1.54, 1.807) is 0 Å². The number of nitrogens with zero attached hydrogens (tertiary/aromatic N) is 4. The van der Waals surface area contributed by atoms with Gasteiger partial charge in [0.2, 0.25) is 5.91 Å². The summed E-state index contributed by atoms with van der Waals surface area (Å²) in [7, 11) is 0. The zero-order valence-corrected chi connectivity index (χ0v) is 19.9. The normalized spacial score (nSPS) is 18.3. The average molecular weight is 515 g/mol. The molecule has 8 heteroatoms. The molecule has 1 N–H and O–H groups in total. The molecule has 0 aromatic carbocycles. The molecule has 2 aliphatic rings. The second-order valence-corrected chi connectivity index (χ2v) is 7.49. The Morgan fingerprint density at radius 1 is 1.24 bits per heavy atom. The topological polar surface area (TPSA) is 70.1 Å². The van der Waals surface area contributed by atoms with Gasteiger partial charge in [0, 0.05) is 57.6 Å². The Balaban J connectivity index is 0.00000300. The molecule has 0 atom stereocenters. The molecule has 2 saturated heterocycles. The summed E-state index contributed by atoms with van der Waals surface area (Å²) in [6.07, 6.45) is 6.44. The summed E-state index contributed by atoms with van der Waals surface area (Å²) in [5.74, 6) is 1.40. The zero-order chi connectivity index (χ0) is 19.8. The number of aromatic nitrogens is 1. The highest BCUT2D eigenvalue weighted by Gasteiger charge is 2.30. The van der Waals surface area contributed by atoms with Crippen LogP contribution in [0.15, 0.2) is 23.5 Å². The number of nitrogens with one attached hydrogen (secondary N) is 1. The van der Waals surface area contributed by atoms with E-state index in [-0.39, 0.29) is 29.9 Å². The number of carbonyl (C=O) groups excluding carboxylic acids is 1. The van der Waals surface area contributed by atoms with Gasteiger partial charge >= 0.3 is 0 Å². The van der Waals surface area contributed by atoms with Crippen molar-refractivity contribution in [1.29, 1.82) is 0 Å². The molecule has 0 aliphatic carbocycles. The van der Waals surface area contributed by atoms with Gasteiger partial charge in [0.05, 0.1) is 13.2 Å². The van der Waals surface area contributed by atoms with Crippen LogP contribution in [-0.4, -0.2) is 79.1 Å². The first-order valence-corrected chi connectivity index (χ1v) is 10.5. The van der Waals surface area contributed by atoms with Crippen molar-refractivity contribution >= 4 is 35.8 Å². The molecule has 3 heterocycles. The predicted octanol–water partition coefficient (Wildman–Crippen LogP) is 2.09. The van der Waals surface area contributed by atoms with Gasteiger partial charge in [-0.3, -0.25) is 14.8 Å². The highest BCUT2D eigenvalue weighted by atomic mass is 127. The first-order chi connectivity index (χ1) is 13.7. The molecule has 1 aromatic heterocycles. The van der Waals surface area contributed by atoms with E-state index in [2.05, 4.69) is 35.1 Å². The minimum absolute atomic E-state index is 0.